The van der Waals surface area contributed by atoms with E-state index in [2.05, 4.69) is 10.2 Å². The van der Waals surface area contributed by atoms with Gasteiger partial charge in [0.25, 0.3) is 5.91 Å². The Labute approximate surface area is 145 Å². The van der Waals surface area contributed by atoms with Crippen molar-refractivity contribution in [3.63, 3.8) is 0 Å². The van der Waals surface area contributed by atoms with Gasteiger partial charge in [-0.2, -0.15) is 0 Å². The van der Waals surface area contributed by atoms with Gasteiger partial charge in [-0.05, 0) is 23.8 Å². The van der Waals surface area contributed by atoms with E-state index in [1.54, 1.807) is 0 Å². The van der Waals surface area contributed by atoms with Crippen LogP contribution >= 0.6 is 0 Å². The zero-order valence-electron chi connectivity index (χ0n) is 13.8. The summed E-state index contributed by atoms with van der Waals surface area (Å²) in [6, 6.07) is 13.2. The van der Waals surface area contributed by atoms with E-state index in [1.165, 1.54) is 5.56 Å². The number of nitrogens with zero attached hydrogens (tertiary/aromatic N) is 1. The van der Waals surface area contributed by atoms with Crippen molar-refractivity contribution < 1.29 is 18.3 Å². The summed E-state index contributed by atoms with van der Waals surface area (Å²) in [4.78, 5) is 14.4. The number of nitrogens with one attached hydrogen (secondary N) is 1. The molecule has 1 saturated heterocycles. The van der Waals surface area contributed by atoms with Crippen LogP contribution in [-0.4, -0.2) is 36.6 Å². The summed E-state index contributed by atoms with van der Waals surface area (Å²) in [5.74, 6) is -1.40. The molecule has 4 nitrogen and oxygen atoms in total. The van der Waals surface area contributed by atoms with Crippen molar-refractivity contribution in [2.24, 2.45) is 0 Å². The Morgan fingerprint density at radius 3 is 2.80 bits per heavy atom. The molecule has 0 aromatic heterocycles. The Kier molecular flexibility index (Phi) is 5.73. The van der Waals surface area contributed by atoms with E-state index in [4.69, 9.17) is 4.74 Å². The van der Waals surface area contributed by atoms with Crippen LogP contribution in [0.1, 0.15) is 11.1 Å². The molecule has 1 atom stereocenters. The molecule has 132 valence electrons. The molecule has 6 heteroatoms. The quantitative estimate of drug-likeness (QED) is 0.904. The normalized spacial score (nSPS) is 18.1. The standard InChI is InChI=1S/C19H20F2N2O2/c20-16-6-7-17(21)15(10-16)11-22-19(24)18-13-23(8-9-25-18)12-14-4-2-1-3-5-14/h1-7,10,18H,8-9,11-13H2,(H,22,24). The van der Waals surface area contributed by atoms with E-state index in [0.717, 1.165) is 31.3 Å². The summed E-state index contributed by atoms with van der Waals surface area (Å²) in [6.45, 7) is 2.34. The number of hydrogen-bond donors (Lipinski definition) is 1. The van der Waals surface area contributed by atoms with Gasteiger partial charge in [0.15, 0.2) is 0 Å². The van der Waals surface area contributed by atoms with Crippen LogP contribution in [0.2, 0.25) is 0 Å². The van der Waals surface area contributed by atoms with Gasteiger partial charge in [-0.25, -0.2) is 8.78 Å². The van der Waals surface area contributed by atoms with Gasteiger partial charge in [-0.3, -0.25) is 9.69 Å². The average Bonchev–Trinajstić information content (AvgIpc) is 2.63. The van der Waals surface area contributed by atoms with Gasteiger partial charge in [0.2, 0.25) is 0 Å². The summed E-state index contributed by atoms with van der Waals surface area (Å²) in [7, 11) is 0. The first-order chi connectivity index (χ1) is 12.1. The Morgan fingerprint density at radius 1 is 1.20 bits per heavy atom. The number of carbonyl (C=O) groups is 1. The number of ether oxygens (including phenoxy) is 1. The van der Waals surface area contributed by atoms with Crippen molar-refractivity contribution in [2.75, 3.05) is 19.7 Å². The van der Waals surface area contributed by atoms with Crippen LogP contribution in [0.15, 0.2) is 48.5 Å². The molecule has 1 N–H and O–H groups in total. The lowest BCUT2D eigenvalue weighted by Gasteiger charge is -2.32. The van der Waals surface area contributed by atoms with Gasteiger partial charge in [0.1, 0.15) is 17.7 Å². The molecule has 0 bridgehead atoms. The van der Waals surface area contributed by atoms with Crippen LogP contribution < -0.4 is 5.32 Å². The first-order valence-electron chi connectivity index (χ1n) is 8.21. The van der Waals surface area contributed by atoms with Crippen LogP contribution in [0, 0.1) is 11.6 Å². The maximum Gasteiger partial charge on any atom is 0.250 e. The molecule has 2 aromatic carbocycles. The second-order valence-corrected chi connectivity index (χ2v) is 6.03. The molecule has 1 amide bonds. The number of benzene rings is 2. The third-order valence-corrected chi connectivity index (χ3v) is 4.15. The van der Waals surface area contributed by atoms with Gasteiger partial charge in [0.05, 0.1) is 6.61 Å². The van der Waals surface area contributed by atoms with Gasteiger partial charge >= 0.3 is 0 Å². The molecule has 1 aliphatic heterocycles. The lowest BCUT2D eigenvalue weighted by atomic mass is 10.1. The van der Waals surface area contributed by atoms with E-state index >= 15 is 0 Å². The summed E-state index contributed by atoms with van der Waals surface area (Å²) >= 11 is 0. The minimum atomic E-state index is -0.617. The molecule has 3 rings (SSSR count). The molecular formula is C19H20F2N2O2. The molecule has 0 aliphatic carbocycles. The van der Waals surface area contributed by atoms with Gasteiger partial charge in [-0.15, -0.1) is 0 Å². The minimum Gasteiger partial charge on any atom is -0.366 e. The predicted octanol–water partition coefficient (Wildman–Crippen LogP) is 2.48. The Bertz CT molecular complexity index is 725. The summed E-state index contributed by atoms with van der Waals surface area (Å²) < 4.78 is 32.3. The Hall–Kier alpha value is -2.31. The number of hydrogen-bond acceptors (Lipinski definition) is 3. The second kappa shape index (κ2) is 8.18. The molecule has 2 aromatic rings. The van der Waals surface area contributed by atoms with Crippen LogP contribution in [0.3, 0.4) is 0 Å². The maximum atomic E-state index is 13.6. The highest BCUT2D eigenvalue weighted by Crippen LogP contribution is 2.12. The molecular weight excluding hydrogens is 326 g/mol. The SMILES string of the molecule is O=C(NCc1cc(F)ccc1F)C1CN(Cc2ccccc2)CCO1. The fourth-order valence-corrected chi connectivity index (χ4v) is 2.82. The lowest BCUT2D eigenvalue weighted by molar-refractivity contribution is -0.139. The monoisotopic (exact) mass is 346 g/mol. The lowest BCUT2D eigenvalue weighted by Crippen LogP contribution is -2.49. The fourth-order valence-electron chi connectivity index (χ4n) is 2.82. The van der Waals surface area contributed by atoms with Crippen LogP contribution in [0.5, 0.6) is 0 Å². The van der Waals surface area contributed by atoms with Crippen molar-refractivity contribution in [1.82, 2.24) is 10.2 Å². The van der Waals surface area contributed by atoms with Crippen molar-refractivity contribution in [3.05, 3.63) is 71.3 Å². The van der Waals surface area contributed by atoms with Gasteiger partial charge in [0, 0.05) is 31.7 Å². The summed E-state index contributed by atoms with van der Waals surface area (Å²) in [6.07, 6.45) is -0.617. The third-order valence-electron chi connectivity index (χ3n) is 4.15. The molecule has 1 unspecified atom stereocenters. The zero-order valence-corrected chi connectivity index (χ0v) is 13.8. The molecule has 1 aliphatic rings. The van der Waals surface area contributed by atoms with E-state index in [9.17, 15) is 13.6 Å². The van der Waals surface area contributed by atoms with Gasteiger partial charge in [-0.1, -0.05) is 30.3 Å². The molecule has 1 fully saturated rings. The smallest absolute Gasteiger partial charge is 0.250 e. The van der Waals surface area contributed by atoms with Crippen molar-refractivity contribution in [3.8, 4) is 0 Å². The van der Waals surface area contributed by atoms with Crippen molar-refractivity contribution >= 4 is 5.91 Å². The first-order valence-corrected chi connectivity index (χ1v) is 8.21. The molecule has 1 heterocycles. The van der Waals surface area contributed by atoms with Crippen LogP contribution in [0.4, 0.5) is 8.78 Å². The molecule has 25 heavy (non-hydrogen) atoms. The number of rotatable bonds is 5. The van der Waals surface area contributed by atoms with Crippen LogP contribution in [0.25, 0.3) is 0 Å². The zero-order chi connectivity index (χ0) is 17.6. The number of carbonyl (C=O) groups excluding carboxylic acids is 1. The first kappa shape index (κ1) is 17.5. The Morgan fingerprint density at radius 2 is 2.00 bits per heavy atom. The minimum absolute atomic E-state index is 0.0685. The van der Waals surface area contributed by atoms with Gasteiger partial charge < -0.3 is 10.1 Å². The number of amides is 1. The summed E-state index contributed by atoms with van der Waals surface area (Å²) in [5, 5.41) is 2.62. The van der Waals surface area contributed by atoms with E-state index in [1.807, 2.05) is 30.3 Å². The van der Waals surface area contributed by atoms with E-state index < -0.39 is 17.7 Å². The second-order valence-electron chi connectivity index (χ2n) is 6.03. The largest absolute Gasteiger partial charge is 0.366 e. The van der Waals surface area contributed by atoms with Crippen molar-refractivity contribution in [1.29, 1.82) is 0 Å². The fraction of sp³-hybridized carbons (Fsp3) is 0.316. The summed E-state index contributed by atoms with van der Waals surface area (Å²) in [5.41, 5.74) is 1.29. The highest BCUT2D eigenvalue weighted by Gasteiger charge is 2.26. The Balaban J connectivity index is 1.54. The predicted molar refractivity (Wildman–Crippen MR) is 89.7 cm³/mol. The number of halogens is 2. The van der Waals surface area contributed by atoms with Crippen molar-refractivity contribution in [2.45, 2.75) is 19.2 Å². The third kappa shape index (κ3) is 4.84. The molecule has 0 spiro atoms. The highest BCUT2D eigenvalue weighted by molar-refractivity contribution is 5.81. The average molecular weight is 346 g/mol. The van der Waals surface area contributed by atoms with Crippen LogP contribution in [-0.2, 0) is 22.6 Å². The topological polar surface area (TPSA) is 41.6 Å². The van der Waals surface area contributed by atoms with E-state index in [0.29, 0.717) is 13.2 Å². The maximum absolute atomic E-state index is 13.6. The highest BCUT2D eigenvalue weighted by atomic mass is 19.1. The molecule has 0 radical (unpaired) electrons. The number of morpholine rings is 1. The van der Waals surface area contributed by atoms with E-state index in [-0.39, 0.29) is 18.0 Å². The molecule has 0 saturated carbocycles.